The molecule has 0 unspecified atom stereocenters. The standard InChI is InChI=1S/C8H8N4O3/c1-5-2-6(15-3-7(13)14)12-8(11-5)9-4-10-12/h2,4H,3H2,1H3,(H,13,14). The number of ether oxygens (including phenoxy) is 1. The zero-order valence-corrected chi connectivity index (χ0v) is 7.91. The van der Waals surface area contributed by atoms with Gasteiger partial charge in [0.1, 0.15) is 6.33 Å². The van der Waals surface area contributed by atoms with Crippen LogP contribution in [0.15, 0.2) is 12.4 Å². The zero-order chi connectivity index (χ0) is 10.8. The Balaban J connectivity index is 2.39. The maximum absolute atomic E-state index is 10.3. The van der Waals surface area contributed by atoms with E-state index in [1.54, 1.807) is 13.0 Å². The lowest BCUT2D eigenvalue weighted by molar-refractivity contribution is -0.139. The molecule has 15 heavy (non-hydrogen) atoms. The first kappa shape index (κ1) is 9.38. The Morgan fingerprint density at radius 2 is 2.47 bits per heavy atom. The molecule has 0 aliphatic heterocycles. The fourth-order valence-corrected chi connectivity index (χ4v) is 1.14. The minimum atomic E-state index is -1.04. The average molecular weight is 208 g/mol. The molecule has 2 aromatic heterocycles. The molecule has 0 amide bonds. The van der Waals surface area contributed by atoms with Crippen molar-refractivity contribution in [2.45, 2.75) is 6.92 Å². The van der Waals surface area contributed by atoms with Crippen molar-refractivity contribution in [2.24, 2.45) is 0 Å². The van der Waals surface area contributed by atoms with Crippen molar-refractivity contribution in [1.82, 2.24) is 19.6 Å². The quantitative estimate of drug-likeness (QED) is 0.757. The summed E-state index contributed by atoms with van der Waals surface area (Å²) in [6, 6.07) is 1.60. The lowest BCUT2D eigenvalue weighted by Crippen LogP contribution is -2.12. The Hall–Kier alpha value is -2.18. The molecular weight excluding hydrogens is 200 g/mol. The van der Waals surface area contributed by atoms with Gasteiger partial charge in [0.2, 0.25) is 5.88 Å². The van der Waals surface area contributed by atoms with E-state index in [9.17, 15) is 4.79 Å². The van der Waals surface area contributed by atoms with Crippen LogP contribution in [0.5, 0.6) is 5.88 Å². The van der Waals surface area contributed by atoms with Crippen molar-refractivity contribution < 1.29 is 14.6 Å². The number of aryl methyl sites for hydroxylation is 1. The van der Waals surface area contributed by atoms with E-state index >= 15 is 0 Å². The second-order valence-corrected chi connectivity index (χ2v) is 2.89. The number of nitrogens with zero attached hydrogens (tertiary/aromatic N) is 4. The van der Waals surface area contributed by atoms with Crippen molar-refractivity contribution in [2.75, 3.05) is 6.61 Å². The number of carboxylic acid groups (broad SMARTS) is 1. The number of aliphatic carboxylic acids is 1. The molecule has 78 valence electrons. The van der Waals surface area contributed by atoms with Crippen LogP contribution in [0.25, 0.3) is 5.78 Å². The average Bonchev–Trinajstić information content (AvgIpc) is 2.61. The number of fused-ring (bicyclic) bond motifs is 1. The van der Waals surface area contributed by atoms with Crippen LogP contribution in [0.1, 0.15) is 5.69 Å². The first-order chi connectivity index (χ1) is 7.16. The number of carbonyl (C=O) groups is 1. The minimum Gasteiger partial charge on any atom is -0.479 e. The van der Waals surface area contributed by atoms with Crippen LogP contribution < -0.4 is 4.74 Å². The predicted octanol–water partition coefficient (Wildman–Crippen LogP) is -0.104. The third kappa shape index (κ3) is 1.85. The highest BCUT2D eigenvalue weighted by atomic mass is 16.5. The molecule has 7 nitrogen and oxygen atoms in total. The molecule has 0 aliphatic rings. The summed E-state index contributed by atoms with van der Waals surface area (Å²) in [4.78, 5) is 18.3. The van der Waals surface area contributed by atoms with Crippen LogP contribution in [-0.2, 0) is 4.79 Å². The highest BCUT2D eigenvalue weighted by Crippen LogP contribution is 2.12. The molecule has 2 aromatic rings. The second-order valence-electron chi connectivity index (χ2n) is 2.89. The van der Waals surface area contributed by atoms with Gasteiger partial charge in [0, 0.05) is 11.8 Å². The monoisotopic (exact) mass is 208 g/mol. The minimum absolute atomic E-state index is 0.317. The van der Waals surface area contributed by atoms with Crippen molar-refractivity contribution >= 4 is 11.7 Å². The van der Waals surface area contributed by atoms with E-state index < -0.39 is 12.6 Å². The summed E-state index contributed by atoms with van der Waals surface area (Å²) in [5.41, 5.74) is 0.691. The van der Waals surface area contributed by atoms with Gasteiger partial charge in [0.05, 0.1) is 0 Å². The molecule has 0 radical (unpaired) electrons. The molecular formula is C8H8N4O3. The van der Waals surface area contributed by atoms with Crippen LogP contribution in [0.2, 0.25) is 0 Å². The maximum Gasteiger partial charge on any atom is 0.341 e. The van der Waals surface area contributed by atoms with Gasteiger partial charge in [0.25, 0.3) is 5.78 Å². The van der Waals surface area contributed by atoms with Gasteiger partial charge in [-0.15, -0.1) is 0 Å². The molecule has 0 saturated heterocycles. The van der Waals surface area contributed by atoms with Crippen LogP contribution in [-0.4, -0.2) is 37.3 Å². The van der Waals surface area contributed by atoms with Crippen LogP contribution in [0, 0.1) is 6.92 Å². The molecule has 0 bridgehead atoms. The summed E-state index contributed by atoms with van der Waals surface area (Å²) < 4.78 is 6.38. The van der Waals surface area contributed by atoms with Gasteiger partial charge in [-0.3, -0.25) is 0 Å². The normalized spacial score (nSPS) is 10.5. The first-order valence-electron chi connectivity index (χ1n) is 4.19. The van der Waals surface area contributed by atoms with E-state index in [0.717, 1.165) is 0 Å². The molecule has 0 spiro atoms. The zero-order valence-electron chi connectivity index (χ0n) is 7.91. The van der Waals surface area contributed by atoms with Gasteiger partial charge >= 0.3 is 5.97 Å². The number of rotatable bonds is 3. The molecule has 2 heterocycles. The lowest BCUT2D eigenvalue weighted by atomic mass is 10.4. The summed E-state index contributed by atoms with van der Waals surface area (Å²) in [6.07, 6.45) is 1.33. The van der Waals surface area contributed by atoms with E-state index in [1.807, 2.05) is 0 Å². The van der Waals surface area contributed by atoms with Crippen molar-refractivity contribution in [1.29, 1.82) is 0 Å². The Labute approximate surface area is 84.3 Å². The fraction of sp³-hybridized carbons (Fsp3) is 0.250. The SMILES string of the molecule is Cc1cc(OCC(=O)O)n2ncnc2n1. The van der Waals surface area contributed by atoms with E-state index in [4.69, 9.17) is 9.84 Å². The third-order valence-electron chi connectivity index (χ3n) is 1.69. The van der Waals surface area contributed by atoms with Crippen LogP contribution in [0.3, 0.4) is 0 Å². The summed E-state index contributed by atoms with van der Waals surface area (Å²) in [7, 11) is 0. The van der Waals surface area contributed by atoms with E-state index in [1.165, 1.54) is 10.8 Å². The summed E-state index contributed by atoms with van der Waals surface area (Å²) in [6.45, 7) is 1.35. The van der Waals surface area contributed by atoms with Crippen LogP contribution in [0.4, 0.5) is 0 Å². The summed E-state index contributed by atoms with van der Waals surface area (Å²) >= 11 is 0. The maximum atomic E-state index is 10.3. The van der Waals surface area contributed by atoms with E-state index in [-0.39, 0.29) is 0 Å². The number of hydrogen-bond donors (Lipinski definition) is 1. The Kier molecular flexibility index (Phi) is 2.20. The lowest BCUT2D eigenvalue weighted by Gasteiger charge is -2.04. The van der Waals surface area contributed by atoms with Crippen molar-refractivity contribution in [3.8, 4) is 5.88 Å². The molecule has 1 N–H and O–H groups in total. The molecule has 0 fully saturated rings. The molecule has 2 rings (SSSR count). The van der Waals surface area contributed by atoms with Gasteiger partial charge in [0.15, 0.2) is 6.61 Å². The highest BCUT2D eigenvalue weighted by molar-refractivity contribution is 5.68. The largest absolute Gasteiger partial charge is 0.479 e. The van der Waals surface area contributed by atoms with Crippen LogP contribution >= 0.6 is 0 Å². The highest BCUT2D eigenvalue weighted by Gasteiger charge is 2.07. The van der Waals surface area contributed by atoms with Crippen molar-refractivity contribution in [3.05, 3.63) is 18.1 Å². The number of carboxylic acids is 1. The second kappa shape index (κ2) is 3.52. The molecule has 0 atom stereocenters. The van der Waals surface area contributed by atoms with E-state index in [2.05, 4.69) is 15.1 Å². The molecule has 0 saturated carbocycles. The topological polar surface area (TPSA) is 89.6 Å². The van der Waals surface area contributed by atoms with Gasteiger partial charge in [-0.1, -0.05) is 0 Å². The van der Waals surface area contributed by atoms with Crippen molar-refractivity contribution in [3.63, 3.8) is 0 Å². The Morgan fingerprint density at radius 3 is 3.20 bits per heavy atom. The van der Waals surface area contributed by atoms with E-state index in [0.29, 0.717) is 17.4 Å². The Morgan fingerprint density at radius 1 is 1.67 bits per heavy atom. The summed E-state index contributed by atoms with van der Waals surface area (Å²) in [5, 5.41) is 12.3. The van der Waals surface area contributed by atoms with Gasteiger partial charge in [-0.05, 0) is 6.92 Å². The smallest absolute Gasteiger partial charge is 0.341 e. The molecule has 0 aliphatic carbocycles. The Bertz CT molecular complexity index is 508. The van der Waals surface area contributed by atoms with Gasteiger partial charge < -0.3 is 9.84 Å². The summed E-state index contributed by atoms with van der Waals surface area (Å²) in [5.74, 6) is -0.342. The fourth-order valence-electron chi connectivity index (χ4n) is 1.14. The molecule has 7 heteroatoms. The molecule has 0 aromatic carbocycles. The predicted molar refractivity (Wildman–Crippen MR) is 48.6 cm³/mol. The van der Waals surface area contributed by atoms with Gasteiger partial charge in [-0.25, -0.2) is 9.78 Å². The number of aromatic nitrogens is 4. The third-order valence-corrected chi connectivity index (χ3v) is 1.69. The first-order valence-corrected chi connectivity index (χ1v) is 4.19. The number of hydrogen-bond acceptors (Lipinski definition) is 5. The van der Waals surface area contributed by atoms with Gasteiger partial charge in [-0.2, -0.15) is 14.6 Å².